The van der Waals surface area contributed by atoms with Crippen LogP contribution in [0.5, 0.6) is 0 Å². The minimum absolute atomic E-state index is 0.643. The van der Waals surface area contributed by atoms with Crippen molar-refractivity contribution in [2.75, 3.05) is 0 Å². The van der Waals surface area contributed by atoms with Gasteiger partial charge in [0.25, 0.3) is 0 Å². The number of carboxylic acid groups (broad SMARTS) is 1. The fourth-order valence-corrected chi connectivity index (χ4v) is 3.32. The summed E-state index contributed by atoms with van der Waals surface area (Å²) < 4.78 is 12.8. The van der Waals surface area contributed by atoms with Crippen molar-refractivity contribution in [2.24, 2.45) is 0 Å². The van der Waals surface area contributed by atoms with Gasteiger partial charge in [0.1, 0.15) is 6.10 Å². The normalized spacial score (nSPS) is 27.7. The van der Waals surface area contributed by atoms with Crippen LogP contribution in [0.2, 0.25) is 0 Å². The van der Waals surface area contributed by atoms with Crippen LogP contribution in [-0.4, -0.2) is 17.2 Å². The molecule has 2 aromatic rings. The summed E-state index contributed by atoms with van der Waals surface area (Å²) in [7, 11) is 0. The Morgan fingerprint density at radius 2 is 1.73 bits per heavy atom. The van der Waals surface area contributed by atoms with Gasteiger partial charge in [0.05, 0.1) is 0 Å². The minimum atomic E-state index is -1.08. The number of ether oxygens (including phenoxy) is 2. The number of halogens is 1. The zero-order chi connectivity index (χ0) is 15.7. The van der Waals surface area contributed by atoms with Gasteiger partial charge in [0.2, 0.25) is 0 Å². The van der Waals surface area contributed by atoms with Crippen LogP contribution in [0.25, 0.3) is 0 Å². The van der Waals surface area contributed by atoms with Gasteiger partial charge in [-0.25, -0.2) is 4.79 Å². The van der Waals surface area contributed by atoms with Crippen molar-refractivity contribution in [1.82, 2.24) is 0 Å². The lowest BCUT2D eigenvalue weighted by molar-refractivity contribution is -0.179. The topological polar surface area (TPSA) is 55.8 Å². The summed E-state index contributed by atoms with van der Waals surface area (Å²) in [5.74, 6) is -2.10. The molecular formula is C17H15IO4. The van der Waals surface area contributed by atoms with Crippen LogP contribution in [0.1, 0.15) is 24.2 Å². The number of carboxylic acids is 1. The van der Waals surface area contributed by atoms with E-state index in [0.717, 1.165) is 14.7 Å². The number of carbonyl (C=O) groups is 1. The molecule has 0 aromatic heterocycles. The van der Waals surface area contributed by atoms with Crippen LogP contribution < -0.4 is 0 Å². The first-order valence-electron chi connectivity index (χ1n) is 6.90. The van der Waals surface area contributed by atoms with Crippen molar-refractivity contribution in [2.45, 2.75) is 24.9 Å². The largest absolute Gasteiger partial charge is 0.479 e. The first-order chi connectivity index (χ1) is 10.5. The monoisotopic (exact) mass is 410 g/mol. The zero-order valence-electron chi connectivity index (χ0n) is 11.9. The molecule has 22 heavy (non-hydrogen) atoms. The van der Waals surface area contributed by atoms with Crippen molar-refractivity contribution >= 4 is 28.6 Å². The van der Waals surface area contributed by atoms with Crippen LogP contribution in [0.15, 0.2) is 54.6 Å². The Labute approximate surface area is 142 Å². The molecule has 0 bridgehead atoms. The number of hydrogen-bond acceptors (Lipinski definition) is 3. The van der Waals surface area contributed by atoms with Crippen LogP contribution in [0, 0.1) is 3.57 Å². The minimum Gasteiger partial charge on any atom is -0.479 e. The Hall–Kier alpha value is -1.44. The fourth-order valence-electron chi connectivity index (χ4n) is 2.63. The van der Waals surface area contributed by atoms with E-state index in [-0.39, 0.29) is 0 Å². The molecule has 1 aliphatic heterocycles. The van der Waals surface area contributed by atoms with Crippen LogP contribution in [0.4, 0.5) is 0 Å². The Kier molecular flexibility index (Phi) is 4.20. The molecule has 0 amide bonds. The summed E-state index contributed by atoms with van der Waals surface area (Å²) in [4.78, 5) is 11.6. The molecule has 0 aliphatic carbocycles. The van der Waals surface area contributed by atoms with E-state index in [0.29, 0.717) is 0 Å². The van der Waals surface area contributed by atoms with Gasteiger partial charge in [0, 0.05) is 9.13 Å². The van der Waals surface area contributed by atoms with Crippen LogP contribution in [0.3, 0.4) is 0 Å². The van der Waals surface area contributed by atoms with E-state index in [2.05, 4.69) is 22.6 Å². The van der Waals surface area contributed by atoms with Gasteiger partial charge in [-0.15, -0.1) is 0 Å². The maximum absolute atomic E-state index is 11.6. The molecule has 1 heterocycles. The molecule has 0 radical (unpaired) electrons. The molecule has 1 unspecified atom stereocenters. The molecule has 1 fully saturated rings. The van der Waals surface area contributed by atoms with E-state index < -0.39 is 24.0 Å². The summed E-state index contributed by atoms with van der Waals surface area (Å²) >= 11 is 2.18. The molecule has 0 spiro atoms. The zero-order valence-corrected chi connectivity index (χ0v) is 14.1. The summed E-state index contributed by atoms with van der Waals surface area (Å²) in [5, 5.41) is 9.51. The lowest BCUT2D eigenvalue weighted by Crippen LogP contribution is -2.28. The smallest absolute Gasteiger partial charge is 0.336 e. The summed E-state index contributed by atoms with van der Waals surface area (Å²) in [5.41, 5.74) is 1.63. The number of benzene rings is 2. The average molecular weight is 410 g/mol. The molecule has 1 aliphatic rings. The van der Waals surface area contributed by atoms with E-state index >= 15 is 0 Å². The SMILES string of the molecule is CC1(c2ccccc2)O[C@@H](C(=O)O)[C@H](c2ccccc2I)O1. The molecule has 0 saturated carbocycles. The lowest BCUT2D eigenvalue weighted by atomic mass is 10.0. The van der Waals surface area contributed by atoms with Gasteiger partial charge in [-0.2, -0.15) is 0 Å². The third-order valence-electron chi connectivity index (χ3n) is 3.73. The van der Waals surface area contributed by atoms with E-state index in [9.17, 15) is 9.90 Å². The molecule has 3 atom stereocenters. The van der Waals surface area contributed by atoms with Crippen LogP contribution >= 0.6 is 22.6 Å². The highest BCUT2D eigenvalue weighted by Crippen LogP contribution is 2.45. The van der Waals surface area contributed by atoms with E-state index in [1.54, 1.807) is 6.92 Å². The highest BCUT2D eigenvalue weighted by atomic mass is 127. The van der Waals surface area contributed by atoms with Crippen LogP contribution in [-0.2, 0) is 20.1 Å². The molecule has 5 heteroatoms. The van der Waals surface area contributed by atoms with E-state index in [4.69, 9.17) is 9.47 Å². The molecule has 114 valence electrons. The van der Waals surface area contributed by atoms with Gasteiger partial charge in [-0.3, -0.25) is 0 Å². The summed E-state index contributed by atoms with van der Waals surface area (Å²) in [6, 6.07) is 17.0. The maximum atomic E-state index is 11.6. The molecular weight excluding hydrogens is 395 g/mol. The third kappa shape index (κ3) is 2.76. The number of rotatable bonds is 3. The summed E-state index contributed by atoms with van der Waals surface area (Å²) in [6.07, 6.45) is -1.68. The van der Waals surface area contributed by atoms with Gasteiger partial charge in [-0.05, 0) is 41.1 Å². The average Bonchev–Trinajstić information content (AvgIpc) is 2.88. The quantitative estimate of drug-likeness (QED) is 0.785. The van der Waals surface area contributed by atoms with Crippen molar-refractivity contribution in [3.8, 4) is 0 Å². The molecule has 1 N–H and O–H groups in total. The standard InChI is InChI=1S/C17H15IO4/c1-17(11-7-3-2-4-8-11)21-14(15(22-17)16(19)20)12-9-5-6-10-13(12)18/h2-10,14-15H,1H3,(H,19,20)/t14-,15+,17?/m0/s1. The Bertz CT molecular complexity index is 688. The third-order valence-corrected chi connectivity index (χ3v) is 4.71. The Balaban J connectivity index is 2.01. The lowest BCUT2D eigenvalue weighted by Gasteiger charge is -2.23. The second-order valence-electron chi connectivity index (χ2n) is 5.25. The second kappa shape index (κ2) is 5.98. The Morgan fingerprint density at radius 1 is 1.09 bits per heavy atom. The molecule has 4 nitrogen and oxygen atoms in total. The molecule has 2 aromatic carbocycles. The van der Waals surface area contributed by atoms with Crippen molar-refractivity contribution < 1.29 is 19.4 Å². The maximum Gasteiger partial charge on any atom is 0.336 e. The van der Waals surface area contributed by atoms with Crippen molar-refractivity contribution in [3.63, 3.8) is 0 Å². The van der Waals surface area contributed by atoms with Gasteiger partial charge < -0.3 is 14.6 Å². The second-order valence-corrected chi connectivity index (χ2v) is 6.41. The number of aliphatic carboxylic acids is 1. The van der Waals surface area contributed by atoms with Gasteiger partial charge in [-0.1, -0.05) is 48.5 Å². The van der Waals surface area contributed by atoms with Gasteiger partial charge in [0.15, 0.2) is 11.9 Å². The highest BCUT2D eigenvalue weighted by molar-refractivity contribution is 14.1. The predicted molar refractivity (Wildman–Crippen MR) is 89.3 cm³/mol. The molecule has 3 rings (SSSR count). The van der Waals surface area contributed by atoms with E-state index in [1.165, 1.54) is 0 Å². The summed E-state index contributed by atoms with van der Waals surface area (Å²) in [6.45, 7) is 1.76. The van der Waals surface area contributed by atoms with Gasteiger partial charge >= 0.3 is 5.97 Å². The predicted octanol–water partition coefficient (Wildman–Crippen LogP) is 3.71. The number of hydrogen-bond donors (Lipinski definition) is 1. The first-order valence-corrected chi connectivity index (χ1v) is 7.97. The van der Waals surface area contributed by atoms with Crippen molar-refractivity contribution in [3.05, 3.63) is 69.3 Å². The fraction of sp³-hybridized carbons (Fsp3) is 0.235. The first kappa shape index (κ1) is 15.5. The highest BCUT2D eigenvalue weighted by Gasteiger charge is 2.50. The van der Waals surface area contributed by atoms with E-state index in [1.807, 2.05) is 54.6 Å². The Morgan fingerprint density at radius 3 is 2.36 bits per heavy atom. The molecule has 1 saturated heterocycles. The van der Waals surface area contributed by atoms with Crippen molar-refractivity contribution in [1.29, 1.82) is 0 Å².